The Morgan fingerprint density at radius 1 is 1.57 bits per heavy atom. The molecule has 5 heteroatoms. The molecule has 0 aliphatic rings. The molecule has 0 saturated heterocycles. The van der Waals surface area contributed by atoms with Gasteiger partial charge in [-0.15, -0.1) is 11.3 Å². The Labute approximate surface area is 91.7 Å². The minimum atomic E-state index is -0.979. The van der Waals surface area contributed by atoms with Crippen LogP contribution in [0.1, 0.15) is 24.8 Å². The van der Waals surface area contributed by atoms with E-state index < -0.39 is 6.10 Å². The van der Waals surface area contributed by atoms with Crippen LogP contribution in [0.3, 0.4) is 0 Å². The van der Waals surface area contributed by atoms with E-state index in [0.29, 0.717) is 4.34 Å². The summed E-state index contributed by atoms with van der Waals surface area (Å²) >= 11 is 7.18. The molecule has 1 heterocycles. The molecule has 0 fully saturated rings. The summed E-state index contributed by atoms with van der Waals surface area (Å²) in [5.74, 6) is -0.373. The second kappa shape index (κ2) is 4.77. The van der Waals surface area contributed by atoms with Crippen LogP contribution >= 0.6 is 22.9 Å². The molecule has 0 bridgehead atoms. The Kier molecular flexibility index (Phi) is 3.92. The molecule has 3 nitrogen and oxygen atoms in total. The van der Waals surface area contributed by atoms with Gasteiger partial charge in [-0.3, -0.25) is 4.79 Å². The number of carbonyl (C=O) groups is 1. The topological polar surface area (TPSA) is 49.3 Å². The molecule has 0 saturated carbocycles. The molecule has 2 N–H and O–H groups in total. The van der Waals surface area contributed by atoms with Crippen LogP contribution in [0.4, 0.5) is 0 Å². The van der Waals surface area contributed by atoms with Crippen molar-refractivity contribution in [3.05, 3.63) is 21.3 Å². The third-order valence-corrected chi connectivity index (χ3v) is 3.17. The third-order valence-electron chi connectivity index (χ3n) is 1.76. The van der Waals surface area contributed by atoms with Crippen molar-refractivity contribution in [1.29, 1.82) is 0 Å². The Hall–Kier alpha value is -0.580. The van der Waals surface area contributed by atoms with Gasteiger partial charge in [-0.05, 0) is 26.0 Å². The van der Waals surface area contributed by atoms with Gasteiger partial charge in [-0.2, -0.15) is 0 Å². The molecule has 1 aromatic rings. The monoisotopic (exact) mass is 233 g/mol. The van der Waals surface area contributed by atoms with E-state index >= 15 is 0 Å². The summed E-state index contributed by atoms with van der Waals surface area (Å²) in [6.45, 7) is 3.28. The number of amides is 1. The summed E-state index contributed by atoms with van der Waals surface area (Å²) in [6, 6.07) is 3.53. The van der Waals surface area contributed by atoms with Gasteiger partial charge in [0.1, 0.15) is 6.10 Å². The number of halogens is 1. The van der Waals surface area contributed by atoms with Gasteiger partial charge >= 0.3 is 0 Å². The number of nitrogens with one attached hydrogen (secondary N) is 1. The molecular formula is C9H12ClNO2S. The standard InChI is InChI=1S/C9H12ClNO2S/c1-5(11-9(13)6(2)12)7-3-4-8(10)14-7/h3-6,12H,1-2H3,(H,11,13). The first-order chi connectivity index (χ1) is 6.50. The average molecular weight is 234 g/mol. The first kappa shape index (κ1) is 11.5. The maximum absolute atomic E-state index is 11.1. The fourth-order valence-electron chi connectivity index (χ4n) is 0.966. The number of aliphatic hydroxyl groups excluding tert-OH is 1. The molecule has 78 valence electrons. The van der Waals surface area contributed by atoms with Crippen LogP contribution in [-0.4, -0.2) is 17.1 Å². The third kappa shape index (κ3) is 2.97. The molecule has 2 atom stereocenters. The first-order valence-electron chi connectivity index (χ1n) is 4.24. The maximum Gasteiger partial charge on any atom is 0.249 e. The molecule has 14 heavy (non-hydrogen) atoms. The summed E-state index contributed by atoms with van der Waals surface area (Å²) in [5, 5.41) is 11.7. The van der Waals surface area contributed by atoms with Crippen LogP contribution in [0.2, 0.25) is 4.34 Å². The van der Waals surface area contributed by atoms with Crippen molar-refractivity contribution in [2.75, 3.05) is 0 Å². The van der Waals surface area contributed by atoms with Crippen molar-refractivity contribution in [2.24, 2.45) is 0 Å². The van der Waals surface area contributed by atoms with E-state index in [1.54, 1.807) is 6.07 Å². The molecule has 0 aliphatic heterocycles. The highest BCUT2D eigenvalue weighted by Crippen LogP contribution is 2.26. The van der Waals surface area contributed by atoms with Crippen molar-refractivity contribution in [2.45, 2.75) is 26.0 Å². The average Bonchev–Trinajstić information content (AvgIpc) is 2.51. The molecule has 1 aromatic heterocycles. The fourth-order valence-corrected chi connectivity index (χ4v) is 2.03. The molecule has 0 aliphatic carbocycles. The highest BCUT2D eigenvalue weighted by atomic mass is 35.5. The van der Waals surface area contributed by atoms with Crippen molar-refractivity contribution < 1.29 is 9.90 Å². The van der Waals surface area contributed by atoms with Crippen LogP contribution in [-0.2, 0) is 4.79 Å². The number of rotatable bonds is 3. The lowest BCUT2D eigenvalue weighted by molar-refractivity contribution is -0.129. The lowest BCUT2D eigenvalue weighted by Crippen LogP contribution is -2.34. The Bertz CT molecular complexity index is 324. The van der Waals surface area contributed by atoms with Gasteiger partial charge in [0.25, 0.3) is 0 Å². The van der Waals surface area contributed by atoms with E-state index in [1.165, 1.54) is 18.3 Å². The quantitative estimate of drug-likeness (QED) is 0.839. The van der Waals surface area contributed by atoms with Crippen LogP contribution < -0.4 is 5.32 Å². The predicted molar refractivity (Wildman–Crippen MR) is 57.6 cm³/mol. The van der Waals surface area contributed by atoms with Crippen LogP contribution in [0.5, 0.6) is 0 Å². The second-order valence-corrected chi connectivity index (χ2v) is 4.79. The number of carbonyl (C=O) groups excluding carboxylic acids is 1. The van der Waals surface area contributed by atoms with Crippen LogP contribution in [0.15, 0.2) is 12.1 Å². The van der Waals surface area contributed by atoms with Crippen molar-refractivity contribution in [3.8, 4) is 0 Å². The van der Waals surface area contributed by atoms with Gasteiger partial charge in [0.05, 0.1) is 10.4 Å². The van der Waals surface area contributed by atoms with Crippen LogP contribution in [0.25, 0.3) is 0 Å². The zero-order chi connectivity index (χ0) is 10.7. The highest BCUT2D eigenvalue weighted by Gasteiger charge is 2.14. The molecule has 0 radical (unpaired) electrons. The van der Waals surface area contributed by atoms with Gasteiger partial charge < -0.3 is 10.4 Å². The van der Waals surface area contributed by atoms with E-state index in [0.717, 1.165) is 4.88 Å². The van der Waals surface area contributed by atoms with E-state index in [2.05, 4.69) is 5.32 Å². The highest BCUT2D eigenvalue weighted by molar-refractivity contribution is 7.16. The summed E-state index contributed by atoms with van der Waals surface area (Å²) in [7, 11) is 0. The lowest BCUT2D eigenvalue weighted by atomic mass is 10.2. The van der Waals surface area contributed by atoms with Gasteiger partial charge in [0, 0.05) is 4.88 Å². The number of thiophene rings is 1. The molecule has 2 unspecified atom stereocenters. The molecule has 1 amide bonds. The summed E-state index contributed by atoms with van der Waals surface area (Å²) in [5.41, 5.74) is 0. The second-order valence-electron chi connectivity index (χ2n) is 3.05. The zero-order valence-electron chi connectivity index (χ0n) is 7.95. The Morgan fingerprint density at radius 3 is 2.64 bits per heavy atom. The predicted octanol–water partition coefficient (Wildman–Crippen LogP) is 1.96. The minimum absolute atomic E-state index is 0.116. The van der Waals surface area contributed by atoms with Gasteiger partial charge in [0.2, 0.25) is 5.91 Å². The normalized spacial score (nSPS) is 14.9. The lowest BCUT2D eigenvalue weighted by Gasteiger charge is -2.13. The number of hydrogen-bond donors (Lipinski definition) is 2. The van der Waals surface area contributed by atoms with Crippen molar-refractivity contribution in [1.82, 2.24) is 5.32 Å². The van der Waals surface area contributed by atoms with E-state index in [9.17, 15) is 4.79 Å². The largest absolute Gasteiger partial charge is 0.384 e. The summed E-state index contributed by atoms with van der Waals surface area (Å²) in [4.78, 5) is 12.1. The number of aliphatic hydroxyl groups is 1. The maximum atomic E-state index is 11.1. The van der Waals surface area contributed by atoms with Crippen molar-refractivity contribution >= 4 is 28.8 Å². The molecular weight excluding hydrogens is 222 g/mol. The fraction of sp³-hybridized carbons (Fsp3) is 0.444. The SMILES string of the molecule is CC(O)C(=O)NC(C)c1ccc(Cl)s1. The molecule has 0 spiro atoms. The zero-order valence-corrected chi connectivity index (χ0v) is 9.52. The van der Waals surface area contributed by atoms with Gasteiger partial charge in [-0.25, -0.2) is 0 Å². The van der Waals surface area contributed by atoms with E-state index in [-0.39, 0.29) is 11.9 Å². The van der Waals surface area contributed by atoms with Crippen molar-refractivity contribution in [3.63, 3.8) is 0 Å². The van der Waals surface area contributed by atoms with Gasteiger partial charge in [-0.1, -0.05) is 11.6 Å². The first-order valence-corrected chi connectivity index (χ1v) is 5.44. The molecule has 1 rings (SSSR count). The summed E-state index contributed by atoms with van der Waals surface area (Å²) in [6.07, 6.45) is -0.979. The Morgan fingerprint density at radius 2 is 2.21 bits per heavy atom. The smallest absolute Gasteiger partial charge is 0.249 e. The van der Waals surface area contributed by atoms with E-state index in [4.69, 9.17) is 16.7 Å². The van der Waals surface area contributed by atoms with Crippen LogP contribution in [0, 0.1) is 0 Å². The minimum Gasteiger partial charge on any atom is -0.384 e. The molecule has 0 aromatic carbocycles. The van der Waals surface area contributed by atoms with E-state index in [1.807, 2.05) is 13.0 Å². The number of hydrogen-bond acceptors (Lipinski definition) is 3. The Balaban J connectivity index is 2.59. The summed E-state index contributed by atoms with van der Waals surface area (Å²) < 4.78 is 0.693. The van der Waals surface area contributed by atoms with Gasteiger partial charge in [0.15, 0.2) is 0 Å².